The molecule has 0 radical (unpaired) electrons. The fourth-order valence-corrected chi connectivity index (χ4v) is 2.84. The normalized spacial score (nSPS) is 15.8. The number of rotatable bonds is 6. The summed E-state index contributed by atoms with van der Waals surface area (Å²) in [4.78, 5) is 11.3. The molecule has 1 saturated carbocycles. The third kappa shape index (κ3) is 4.55. The fourth-order valence-electron chi connectivity index (χ4n) is 2.84. The van der Waals surface area contributed by atoms with Crippen molar-refractivity contribution in [2.75, 3.05) is 13.7 Å². The zero-order valence-corrected chi connectivity index (χ0v) is 12.3. The van der Waals surface area contributed by atoms with Crippen LogP contribution in [-0.2, 0) is 4.74 Å². The van der Waals surface area contributed by atoms with Crippen LogP contribution in [0, 0.1) is 5.92 Å². The van der Waals surface area contributed by atoms with Crippen molar-refractivity contribution in [3.05, 3.63) is 29.8 Å². The van der Waals surface area contributed by atoms with Gasteiger partial charge in [-0.1, -0.05) is 32.1 Å². The van der Waals surface area contributed by atoms with Gasteiger partial charge < -0.3 is 9.47 Å². The lowest BCUT2D eigenvalue weighted by atomic mass is 9.86. The quantitative estimate of drug-likeness (QED) is 0.576. The van der Waals surface area contributed by atoms with Crippen molar-refractivity contribution in [2.45, 2.75) is 44.9 Å². The molecule has 1 fully saturated rings. The van der Waals surface area contributed by atoms with E-state index in [4.69, 9.17) is 4.74 Å². The van der Waals surface area contributed by atoms with Crippen LogP contribution in [0.3, 0.4) is 0 Å². The standard InChI is InChI=1S/C17H24O3/c1-19-17(18)15-9-11-16(12-10-15)20-13-5-8-14-6-3-2-4-7-14/h9-12,14H,2-8,13H2,1H3. The van der Waals surface area contributed by atoms with E-state index >= 15 is 0 Å². The van der Waals surface area contributed by atoms with E-state index in [0.29, 0.717) is 5.56 Å². The molecule has 110 valence electrons. The summed E-state index contributed by atoms with van der Waals surface area (Å²) in [6.07, 6.45) is 9.41. The first-order valence-corrected chi connectivity index (χ1v) is 7.61. The molecule has 0 amide bonds. The minimum atomic E-state index is -0.311. The van der Waals surface area contributed by atoms with E-state index in [1.54, 1.807) is 12.1 Å². The van der Waals surface area contributed by atoms with Crippen molar-refractivity contribution in [1.29, 1.82) is 0 Å². The maximum Gasteiger partial charge on any atom is 0.337 e. The minimum Gasteiger partial charge on any atom is -0.494 e. The van der Waals surface area contributed by atoms with Gasteiger partial charge in [-0.15, -0.1) is 0 Å². The van der Waals surface area contributed by atoms with E-state index in [2.05, 4.69) is 4.74 Å². The number of hydrogen-bond acceptors (Lipinski definition) is 3. The molecule has 2 rings (SSSR count). The van der Waals surface area contributed by atoms with Crippen LogP contribution in [0.4, 0.5) is 0 Å². The summed E-state index contributed by atoms with van der Waals surface area (Å²) < 4.78 is 10.4. The van der Waals surface area contributed by atoms with Crippen LogP contribution < -0.4 is 4.74 Å². The summed E-state index contributed by atoms with van der Waals surface area (Å²) in [6, 6.07) is 7.13. The van der Waals surface area contributed by atoms with Gasteiger partial charge in [0.15, 0.2) is 0 Å². The monoisotopic (exact) mass is 276 g/mol. The van der Waals surface area contributed by atoms with E-state index in [9.17, 15) is 4.79 Å². The Kier molecular flexibility index (Phi) is 5.90. The van der Waals surface area contributed by atoms with E-state index in [0.717, 1.165) is 24.7 Å². The van der Waals surface area contributed by atoms with Gasteiger partial charge in [-0.2, -0.15) is 0 Å². The van der Waals surface area contributed by atoms with Gasteiger partial charge in [0.1, 0.15) is 5.75 Å². The van der Waals surface area contributed by atoms with Gasteiger partial charge in [-0.05, 0) is 43.0 Å². The molecule has 0 spiro atoms. The van der Waals surface area contributed by atoms with E-state index in [-0.39, 0.29) is 5.97 Å². The summed E-state index contributed by atoms with van der Waals surface area (Å²) in [7, 11) is 1.39. The number of carbonyl (C=O) groups excluding carboxylic acids is 1. The maximum atomic E-state index is 11.3. The predicted octanol–water partition coefficient (Wildman–Crippen LogP) is 4.21. The number of ether oxygens (including phenoxy) is 2. The second kappa shape index (κ2) is 7.93. The molecule has 1 aromatic carbocycles. The highest BCUT2D eigenvalue weighted by molar-refractivity contribution is 5.89. The third-order valence-corrected chi connectivity index (χ3v) is 4.03. The molecule has 0 aromatic heterocycles. The zero-order chi connectivity index (χ0) is 14.2. The minimum absolute atomic E-state index is 0.311. The zero-order valence-electron chi connectivity index (χ0n) is 12.3. The first-order chi connectivity index (χ1) is 9.79. The van der Waals surface area contributed by atoms with Crippen molar-refractivity contribution in [3.8, 4) is 5.75 Å². The Labute approximate surface area is 121 Å². The average molecular weight is 276 g/mol. The second-order valence-electron chi connectivity index (χ2n) is 5.51. The summed E-state index contributed by atoms with van der Waals surface area (Å²) in [5.41, 5.74) is 0.557. The van der Waals surface area contributed by atoms with E-state index < -0.39 is 0 Å². The molecule has 0 aliphatic heterocycles. The molecule has 0 N–H and O–H groups in total. The lowest BCUT2D eigenvalue weighted by Crippen LogP contribution is -2.08. The molecule has 1 aliphatic carbocycles. The largest absolute Gasteiger partial charge is 0.494 e. The summed E-state index contributed by atoms with van der Waals surface area (Å²) in [5, 5.41) is 0. The van der Waals surface area contributed by atoms with Crippen molar-refractivity contribution in [3.63, 3.8) is 0 Å². The molecule has 0 saturated heterocycles. The van der Waals surface area contributed by atoms with Crippen LogP contribution in [0.5, 0.6) is 5.75 Å². The second-order valence-corrected chi connectivity index (χ2v) is 5.51. The van der Waals surface area contributed by atoms with Gasteiger partial charge in [-0.3, -0.25) is 0 Å². The number of carbonyl (C=O) groups is 1. The summed E-state index contributed by atoms with van der Waals surface area (Å²) in [5.74, 6) is 1.42. The van der Waals surface area contributed by atoms with Crippen LogP contribution in [0.1, 0.15) is 55.3 Å². The Balaban J connectivity index is 1.67. The summed E-state index contributed by atoms with van der Waals surface area (Å²) in [6.45, 7) is 0.758. The molecule has 1 aromatic rings. The molecular formula is C17H24O3. The van der Waals surface area contributed by atoms with Crippen molar-refractivity contribution < 1.29 is 14.3 Å². The molecular weight excluding hydrogens is 252 g/mol. The van der Waals surface area contributed by atoms with Crippen LogP contribution in [-0.4, -0.2) is 19.7 Å². The molecule has 20 heavy (non-hydrogen) atoms. The Morgan fingerprint density at radius 3 is 2.50 bits per heavy atom. The van der Waals surface area contributed by atoms with Gasteiger partial charge in [0.2, 0.25) is 0 Å². The first-order valence-electron chi connectivity index (χ1n) is 7.61. The Bertz CT molecular complexity index is 405. The Hall–Kier alpha value is -1.51. The van der Waals surface area contributed by atoms with Crippen LogP contribution >= 0.6 is 0 Å². The molecule has 3 nitrogen and oxygen atoms in total. The molecule has 0 unspecified atom stereocenters. The molecule has 0 heterocycles. The maximum absolute atomic E-state index is 11.3. The van der Waals surface area contributed by atoms with Crippen LogP contribution in [0.25, 0.3) is 0 Å². The first kappa shape index (κ1) is 14.9. The number of esters is 1. The van der Waals surface area contributed by atoms with E-state index in [1.165, 1.54) is 45.6 Å². The van der Waals surface area contributed by atoms with Crippen LogP contribution in [0.15, 0.2) is 24.3 Å². The van der Waals surface area contributed by atoms with Crippen molar-refractivity contribution in [2.24, 2.45) is 5.92 Å². The van der Waals surface area contributed by atoms with Gasteiger partial charge in [0, 0.05) is 0 Å². The highest BCUT2D eigenvalue weighted by Gasteiger charge is 2.12. The lowest BCUT2D eigenvalue weighted by Gasteiger charge is -2.21. The average Bonchev–Trinajstić information content (AvgIpc) is 2.52. The van der Waals surface area contributed by atoms with Gasteiger partial charge in [0.25, 0.3) is 0 Å². The fraction of sp³-hybridized carbons (Fsp3) is 0.588. The van der Waals surface area contributed by atoms with Crippen molar-refractivity contribution in [1.82, 2.24) is 0 Å². The highest BCUT2D eigenvalue weighted by atomic mass is 16.5. The van der Waals surface area contributed by atoms with Gasteiger partial charge >= 0.3 is 5.97 Å². The van der Waals surface area contributed by atoms with Crippen molar-refractivity contribution >= 4 is 5.97 Å². The number of hydrogen-bond donors (Lipinski definition) is 0. The topological polar surface area (TPSA) is 35.5 Å². The molecule has 1 aliphatic rings. The predicted molar refractivity (Wildman–Crippen MR) is 79.1 cm³/mol. The third-order valence-electron chi connectivity index (χ3n) is 4.03. The lowest BCUT2D eigenvalue weighted by molar-refractivity contribution is 0.0600. The Morgan fingerprint density at radius 1 is 1.15 bits per heavy atom. The smallest absolute Gasteiger partial charge is 0.337 e. The number of methoxy groups -OCH3 is 1. The molecule has 3 heteroatoms. The van der Waals surface area contributed by atoms with Gasteiger partial charge in [-0.25, -0.2) is 4.79 Å². The van der Waals surface area contributed by atoms with Gasteiger partial charge in [0.05, 0.1) is 19.3 Å². The number of benzene rings is 1. The highest BCUT2D eigenvalue weighted by Crippen LogP contribution is 2.27. The Morgan fingerprint density at radius 2 is 1.85 bits per heavy atom. The molecule has 0 atom stereocenters. The SMILES string of the molecule is COC(=O)c1ccc(OCCCC2CCCCC2)cc1. The molecule has 0 bridgehead atoms. The van der Waals surface area contributed by atoms with E-state index in [1.807, 2.05) is 12.1 Å². The summed E-state index contributed by atoms with van der Waals surface area (Å²) >= 11 is 0. The van der Waals surface area contributed by atoms with Crippen LogP contribution in [0.2, 0.25) is 0 Å².